The number of morpholine rings is 1. The van der Waals surface area contributed by atoms with E-state index in [0.717, 1.165) is 0 Å². The summed E-state index contributed by atoms with van der Waals surface area (Å²) < 4.78 is 97.2. The minimum atomic E-state index is -4.96. The van der Waals surface area contributed by atoms with Crippen molar-refractivity contribution in [3.8, 4) is 0 Å². The van der Waals surface area contributed by atoms with E-state index in [2.05, 4.69) is 10.3 Å². The van der Waals surface area contributed by atoms with Crippen LogP contribution in [0.2, 0.25) is 0 Å². The number of aliphatic imine (C=N–C) groups is 1. The Morgan fingerprint density at radius 3 is 1.97 bits per heavy atom. The molecule has 0 amide bonds. The van der Waals surface area contributed by atoms with Crippen molar-refractivity contribution < 1.29 is 35.5 Å². The van der Waals surface area contributed by atoms with E-state index in [-0.39, 0.29) is 18.6 Å². The van der Waals surface area contributed by atoms with Crippen LogP contribution in [0.5, 0.6) is 0 Å². The zero-order valence-corrected chi connectivity index (χ0v) is 16.0. The summed E-state index contributed by atoms with van der Waals surface area (Å²) >= 11 is 0. The molecule has 1 aliphatic heterocycles. The summed E-state index contributed by atoms with van der Waals surface area (Å²) in [6, 6.07) is 6.70. The number of nitrogens with one attached hydrogen (secondary N) is 1. The molecule has 31 heavy (non-hydrogen) atoms. The van der Waals surface area contributed by atoms with E-state index < -0.39 is 35.0 Å². The van der Waals surface area contributed by atoms with Gasteiger partial charge in [0.25, 0.3) is 0 Å². The minimum absolute atomic E-state index is 0.0467. The minimum Gasteiger partial charge on any atom is -0.378 e. The molecule has 1 heterocycles. The lowest BCUT2D eigenvalue weighted by Gasteiger charge is -2.30. The maximum Gasteiger partial charge on any atom is 0.416 e. The third-order valence-corrected chi connectivity index (χ3v) is 4.48. The van der Waals surface area contributed by atoms with E-state index in [4.69, 9.17) is 4.74 Å². The van der Waals surface area contributed by atoms with Crippen LogP contribution in [-0.4, -0.2) is 37.2 Å². The van der Waals surface area contributed by atoms with Crippen LogP contribution in [0.3, 0.4) is 0 Å². The summed E-state index contributed by atoms with van der Waals surface area (Å²) in [6.45, 7) is 1.40. The summed E-state index contributed by atoms with van der Waals surface area (Å²) in [5.74, 6) is -0.344. The second-order valence-corrected chi connectivity index (χ2v) is 6.79. The van der Waals surface area contributed by atoms with Crippen LogP contribution in [0, 0.1) is 5.82 Å². The van der Waals surface area contributed by atoms with Crippen molar-refractivity contribution in [1.82, 2.24) is 4.90 Å². The first-order chi connectivity index (χ1) is 14.5. The van der Waals surface area contributed by atoms with Crippen LogP contribution in [-0.2, 0) is 23.6 Å². The normalized spacial score (nSPS) is 15.8. The van der Waals surface area contributed by atoms with Gasteiger partial charge in [-0.3, -0.25) is 0 Å². The molecule has 0 aliphatic carbocycles. The second-order valence-electron chi connectivity index (χ2n) is 6.79. The standard InChI is InChI=1S/C20H18F7N3O/c21-16-3-1-13(2-4-16)12-28-18(30-5-7-31-8-6-30)29-17-10-14(19(22,23)24)9-15(11-17)20(25,26)27/h1-4,9-11H,5-8,12H2,(H,28,29). The molecule has 0 unspecified atom stereocenters. The highest BCUT2D eigenvalue weighted by molar-refractivity contribution is 5.94. The zero-order chi connectivity index (χ0) is 22.6. The highest BCUT2D eigenvalue weighted by Gasteiger charge is 2.37. The van der Waals surface area contributed by atoms with E-state index >= 15 is 0 Å². The summed E-state index contributed by atoms with van der Waals surface area (Å²) in [4.78, 5) is 5.98. The Bertz CT molecular complexity index is 886. The molecule has 0 saturated carbocycles. The summed E-state index contributed by atoms with van der Waals surface area (Å²) in [5, 5.41) is 2.60. The number of alkyl halides is 6. The lowest BCUT2D eigenvalue weighted by atomic mass is 10.1. The SMILES string of the molecule is Fc1ccc(CN=C(Nc2cc(C(F)(F)F)cc(C(F)(F)F)c2)N2CCOCC2)cc1. The summed E-state index contributed by atoms with van der Waals surface area (Å²) in [5.41, 5.74) is -2.63. The molecule has 0 spiro atoms. The Morgan fingerprint density at radius 2 is 1.45 bits per heavy atom. The lowest BCUT2D eigenvalue weighted by molar-refractivity contribution is -0.143. The smallest absolute Gasteiger partial charge is 0.378 e. The maximum atomic E-state index is 13.1. The first kappa shape index (κ1) is 22.9. The monoisotopic (exact) mass is 449 g/mol. The van der Waals surface area contributed by atoms with Gasteiger partial charge in [-0.25, -0.2) is 9.38 Å². The number of nitrogens with zero attached hydrogens (tertiary/aromatic N) is 2. The zero-order valence-electron chi connectivity index (χ0n) is 16.0. The van der Waals surface area contributed by atoms with Crippen LogP contribution in [0.4, 0.5) is 36.4 Å². The number of rotatable bonds is 3. The van der Waals surface area contributed by atoms with Crippen LogP contribution < -0.4 is 5.32 Å². The van der Waals surface area contributed by atoms with Crippen LogP contribution >= 0.6 is 0 Å². The van der Waals surface area contributed by atoms with Crippen molar-refractivity contribution in [1.29, 1.82) is 0 Å². The summed E-state index contributed by atoms with van der Waals surface area (Å²) in [6.07, 6.45) is -9.91. The van der Waals surface area contributed by atoms with Crippen molar-refractivity contribution >= 4 is 11.6 Å². The molecule has 0 radical (unpaired) electrons. The number of ether oxygens (including phenoxy) is 1. The molecule has 168 valence electrons. The number of hydrogen-bond donors (Lipinski definition) is 1. The van der Waals surface area contributed by atoms with Crippen LogP contribution in [0.15, 0.2) is 47.5 Å². The molecule has 1 fully saturated rings. The molecule has 4 nitrogen and oxygen atoms in total. The van der Waals surface area contributed by atoms with Gasteiger partial charge in [0.2, 0.25) is 0 Å². The van der Waals surface area contributed by atoms with E-state index in [0.29, 0.717) is 44.0 Å². The van der Waals surface area contributed by atoms with Crippen molar-refractivity contribution in [2.75, 3.05) is 31.6 Å². The predicted octanol–water partition coefficient (Wildman–Crippen LogP) is 5.16. The fraction of sp³-hybridized carbons (Fsp3) is 0.350. The Labute approximate surface area is 173 Å². The van der Waals surface area contributed by atoms with Crippen LogP contribution in [0.1, 0.15) is 16.7 Å². The van der Waals surface area contributed by atoms with Crippen molar-refractivity contribution in [3.05, 3.63) is 65.0 Å². The van der Waals surface area contributed by atoms with E-state index in [1.165, 1.54) is 24.3 Å². The number of benzene rings is 2. The van der Waals surface area contributed by atoms with Crippen molar-refractivity contribution in [2.24, 2.45) is 4.99 Å². The Morgan fingerprint density at radius 1 is 0.903 bits per heavy atom. The number of guanidine groups is 1. The fourth-order valence-electron chi connectivity index (χ4n) is 2.91. The molecular weight excluding hydrogens is 431 g/mol. The van der Waals surface area contributed by atoms with Gasteiger partial charge in [0.05, 0.1) is 30.9 Å². The van der Waals surface area contributed by atoms with Gasteiger partial charge in [0.15, 0.2) is 5.96 Å². The maximum absolute atomic E-state index is 13.1. The topological polar surface area (TPSA) is 36.9 Å². The molecule has 1 N–H and O–H groups in total. The largest absolute Gasteiger partial charge is 0.416 e. The number of halogens is 7. The molecule has 2 aromatic carbocycles. The van der Waals surface area contributed by atoms with Gasteiger partial charge in [-0.1, -0.05) is 12.1 Å². The molecule has 3 rings (SSSR count). The van der Waals surface area contributed by atoms with Crippen molar-refractivity contribution in [3.63, 3.8) is 0 Å². The highest BCUT2D eigenvalue weighted by Crippen LogP contribution is 2.37. The molecule has 0 aromatic heterocycles. The number of hydrogen-bond acceptors (Lipinski definition) is 2. The number of anilines is 1. The average Bonchev–Trinajstić information content (AvgIpc) is 2.71. The van der Waals surface area contributed by atoms with Gasteiger partial charge >= 0.3 is 12.4 Å². The summed E-state index contributed by atoms with van der Waals surface area (Å²) in [7, 11) is 0. The van der Waals surface area contributed by atoms with Gasteiger partial charge in [0, 0.05) is 18.8 Å². The Hall–Kier alpha value is -2.82. The Kier molecular flexibility index (Phi) is 6.73. The van der Waals surface area contributed by atoms with Gasteiger partial charge in [-0.2, -0.15) is 26.3 Å². The van der Waals surface area contributed by atoms with Gasteiger partial charge < -0.3 is 15.0 Å². The molecule has 1 saturated heterocycles. The fourth-order valence-corrected chi connectivity index (χ4v) is 2.91. The average molecular weight is 449 g/mol. The third-order valence-electron chi connectivity index (χ3n) is 4.48. The first-order valence-corrected chi connectivity index (χ1v) is 9.20. The highest BCUT2D eigenvalue weighted by atomic mass is 19.4. The van der Waals surface area contributed by atoms with Gasteiger partial charge in [-0.05, 0) is 35.9 Å². The predicted molar refractivity (Wildman–Crippen MR) is 100.0 cm³/mol. The van der Waals surface area contributed by atoms with E-state index in [1.807, 2.05) is 0 Å². The quantitative estimate of drug-likeness (QED) is 0.400. The lowest BCUT2D eigenvalue weighted by Crippen LogP contribution is -2.44. The molecule has 2 aromatic rings. The molecular formula is C20H18F7N3O. The van der Waals surface area contributed by atoms with Gasteiger partial charge in [-0.15, -0.1) is 0 Å². The second kappa shape index (κ2) is 9.13. The van der Waals surface area contributed by atoms with Gasteiger partial charge in [0.1, 0.15) is 5.82 Å². The van der Waals surface area contributed by atoms with E-state index in [9.17, 15) is 30.7 Å². The Balaban J connectivity index is 1.94. The molecule has 0 bridgehead atoms. The first-order valence-electron chi connectivity index (χ1n) is 9.20. The third kappa shape index (κ3) is 6.33. The molecule has 1 aliphatic rings. The molecule has 11 heteroatoms. The molecule has 0 atom stereocenters. The van der Waals surface area contributed by atoms with Crippen LogP contribution in [0.25, 0.3) is 0 Å². The van der Waals surface area contributed by atoms with E-state index in [1.54, 1.807) is 4.90 Å². The van der Waals surface area contributed by atoms with Crippen molar-refractivity contribution in [2.45, 2.75) is 18.9 Å².